The van der Waals surface area contributed by atoms with Crippen molar-refractivity contribution in [1.29, 1.82) is 0 Å². The van der Waals surface area contributed by atoms with Gasteiger partial charge in [-0.1, -0.05) is 19.9 Å². The van der Waals surface area contributed by atoms with Crippen LogP contribution in [0.3, 0.4) is 0 Å². The number of carbonyl (C=O) groups excluding carboxylic acids is 4. The summed E-state index contributed by atoms with van der Waals surface area (Å²) in [7, 11) is 1.54. The molecule has 1 saturated carbocycles. The number of amides is 4. The van der Waals surface area contributed by atoms with E-state index in [4.69, 9.17) is 4.74 Å². The van der Waals surface area contributed by atoms with Gasteiger partial charge < -0.3 is 30.7 Å². The Balaban J connectivity index is 1.29. The normalized spacial score (nSPS) is 19.5. The Labute approximate surface area is 313 Å². The number of fused-ring (bicyclic) bond motifs is 2. The van der Waals surface area contributed by atoms with Crippen LogP contribution in [-0.4, -0.2) is 96.1 Å². The lowest BCUT2D eigenvalue weighted by molar-refractivity contribution is -0.138. The molecule has 6 rings (SSSR count). The number of Topliss-reactive ketones (excluding diaryl/α,β-unsaturated/α-hetero) is 1. The summed E-state index contributed by atoms with van der Waals surface area (Å²) < 4.78 is 7.20. The molecule has 278 valence electrons. The number of ketones is 1. The number of hydrogen-bond acceptors (Lipinski definition) is 10. The van der Waals surface area contributed by atoms with Gasteiger partial charge in [-0.25, -0.2) is 19.7 Å². The average Bonchev–Trinajstić information content (AvgIpc) is 3.53. The van der Waals surface area contributed by atoms with Crippen LogP contribution in [0, 0.1) is 18.3 Å². The third-order valence-electron chi connectivity index (χ3n) is 9.77. The minimum atomic E-state index is -1.32. The molecule has 1 aliphatic carbocycles. The SMILES string of the molecule is COCc1ccc(Br)c(NC(=O)[C@@H]2CC3(CNC(=O)[C@@H](NC(=O)O)C(C)C)CC3N2C(=O)Cn2nc(C(C)=O)c3cc(-c4cnc(C)nc4)ccc32)n1. The molecule has 16 nitrogen and oxygen atoms in total. The van der Waals surface area contributed by atoms with Crippen LogP contribution in [0.15, 0.2) is 47.2 Å². The Morgan fingerprint density at radius 3 is 2.47 bits per heavy atom. The summed E-state index contributed by atoms with van der Waals surface area (Å²) >= 11 is 3.44. The summed E-state index contributed by atoms with van der Waals surface area (Å²) in [4.78, 5) is 80.2. The highest BCUT2D eigenvalue weighted by Gasteiger charge is 2.67. The summed E-state index contributed by atoms with van der Waals surface area (Å²) in [6, 6.07) is 6.64. The Bertz CT molecular complexity index is 2100. The van der Waals surface area contributed by atoms with Crippen molar-refractivity contribution in [2.75, 3.05) is 19.0 Å². The Hall–Kier alpha value is -5.29. The number of piperidine rings is 1. The van der Waals surface area contributed by atoms with Crippen molar-refractivity contribution >= 4 is 62.2 Å². The van der Waals surface area contributed by atoms with Gasteiger partial charge in [0.2, 0.25) is 17.7 Å². The lowest BCUT2D eigenvalue weighted by Gasteiger charge is -2.27. The molecule has 0 spiro atoms. The number of methoxy groups -OCH3 is 1. The van der Waals surface area contributed by atoms with Crippen LogP contribution in [-0.2, 0) is 32.3 Å². The van der Waals surface area contributed by atoms with E-state index in [9.17, 15) is 29.1 Å². The van der Waals surface area contributed by atoms with Crippen LogP contribution in [0.2, 0.25) is 0 Å². The Morgan fingerprint density at radius 1 is 1.08 bits per heavy atom. The van der Waals surface area contributed by atoms with E-state index in [0.717, 1.165) is 11.1 Å². The number of rotatable bonds is 13. The molecule has 0 radical (unpaired) electrons. The second-order valence-corrected chi connectivity index (χ2v) is 14.7. The van der Waals surface area contributed by atoms with Gasteiger partial charge in [-0.2, -0.15) is 5.10 Å². The summed E-state index contributed by atoms with van der Waals surface area (Å²) in [5.41, 5.74) is 2.26. The first kappa shape index (κ1) is 37.5. The van der Waals surface area contributed by atoms with E-state index in [-0.39, 0.29) is 49.3 Å². The van der Waals surface area contributed by atoms with Gasteiger partial charge in [0.25, 0.3) is 0 Å². The maximum atomic E-state index is 14.3. The fourth-order valence-electron chi connectivity index (χ4n) is 7.00. The van der Waals surface area contributed by atoms with Gasteiger partial charge >= 0.3 is 6.09 Å². The third kappa shape index (κ3) is 7.76. The molecule has 4 aromatic rings. The van der Waals surface area contributed by atoms with E-state index in [1.165, 1.54) is 18.7 Å². The Kier molecular flexibility index (Phi) is 10.6. The molecule has 4 N–H and O–H groups in total. The largest absolute Gasteiger partial charge is 0.465 e. The lowest BCUT2D eigenvalue weighted by Crippen LogP contribution is -2.50. The van der Waals surface area contributed by atoms with E-state index < -0.39 is 47.4 Å². The minimum absolute atomic E-state index is 0.129. The smallest absolute Gasteiger partial charge is 0.405 e. The highest BCUT2D eigenvalue weighted by molar-refractivity contribution is 9.10. The van der Waals surface area contributed by atoms with Gasteiger partial charge in [0.05, 0.1) is 22.3 Å². The first-order valence-electron chi connectivity index (χ1n) is 17.1. The number of aromatic nitrogens is 5. The fourth-order valence-corrected chi connectivity index (χ4v) is 7.32. The zero-order valence-corrected chi connectivity index (χ0v) is 31.4. The van der Waals surface area contributed by atoms with E-state index >= 15 is 0 Å². The zero-order chi connectivity index (χ0) is 38.2. The molecule has 4 heterocycles. The molecule has 1 saturated heterocycles. The number of halogens is 1. The first-order valence-corrected chi connectivity index (χ1v) is 17.8. The summed E-state index contributed by atoms with van der Waals surface area (Å²) in [6.07, 6.45) is 2.84. The molecule has 1 aromatic carbocycles. The molecular weight excluding hydrogens is 750 g/mol. The maximum Gasteiger partial charge on any atom is 0.405 e. The molecule has 2 aliphatic rings. The first-order chi connectivity index (χ1) is 25.2. The quantitative estimate of drug-likeness (QED) is 0.144. The summed E-state index contributed by atoms with van der Waals surface area (Å²) in [6.45, 7) is 6.76. The highest BCUT2D eigenvalue weighted by Crippen LogP contribution is 2.59. The summed E-state index contributed by atoms with van der Waals surface area (Å²) in [5, 5.41) is 22.4. The molecule has 1 aliphatic heterocycles. The average molecular weight is 791 g/mol. The van der Waals surface area contributed by atoms with Crippen molar-refractivity contribution in [2.45, 2.75) is 71.8 Å². The number of pyridine rings is 1. The van der Waals surface area contributed by atoms with Gasteiger partial charge in [-0.05, 0) is 71.4 Å². The molecule has 2 unspecified atom stereocenters. The second kappa shape index (κ2) is 15.0. The van der Waals surface area contributed by atoms with Gasteiger partial charge in [0.1, 0.15) is 36.0 Å². The highest BCUT2D eigenvalue weighted by atomic mass is 79.9. The van der Waals surface area contributed by atoms with Crippen molar-refractivity contribution in [3.05, 3.63) is 64.4 Å². The number of hydrogen-bond donors (Lipinski definition) is 4. The van der Waals surface area contributed by atoms with Crippen molar-refractivity contribution < 1.29 is 33.8 Å². The summed E-state index contributed by atoms with van der Waals surface area (Å²) in [5.74, 6) is -1.06. The number of benzene rings is 1. The lowest BCUT2D eigenvalue weighted by atomic mass is 9.98. The van der Waals surface area contributed by atoms with Crippen LogP contribution in [0.4, 0.5) is 10.6 Å². The molecule has 3 aromatic heterocycles. The van der Waals surface area contributed by atoms with E-state index in [1.54, 1.807) is 56.3 Å². The van der Waals surface area contributed by atoms with Crippen LogP contribution in [0.1, 0.15) is 55.6 Å². The van der Waals surface area contributed by atoms with E-state index in [1.807, 2.05) is 12.1 Å². The maximum absolute atomic E-state index is 14.3. The van der Waals surface area contributed by atoms with Crippen molar-refractivity contribution in [3.63, 3.8) is 0 Å². The number of likely N-dealkylation sites (tertiary alicyclic amines) is 1. The number of aryl methyl sites for hydroxylation is 1. The topological polar surface area (TPSA) is 211 Å². The fraction of sp³-hybridized carbons (Fsp3) is 0.417. The molecule has 4 atom stereocenters. The Morgan fingerprint density at radius 2 is 1.81 bits per heavy atom. The number of carboxylic acid groups (broad SMARTS) is 1. The van der Waals surface area contributed by atoms with E-state index in [0.29, 0.717) is 33.3 Å². The molecular formula is C36H40BrN9O7. The van der Waals surface area contributed by atoms with Crippen LogP contribution >= 0.6 is 15.9 Å². The second-order valence-electron chi connectivity index (χ2n) is 13.9. The van der Waals surface area contributed by atoms with Crippen molar-refractivity contribution in [2.24, 2.45) is 11.3 Å². The predicted molar refractivity (Wildman–Crippen MR) is 196 cm³/mol. The number of nitrogens with zero attached hydrogens (tertiary/aromatic N) is 6. The van der Waals surface area contributed by atoms with Crippen molar-refractivity contribution in [1.82, 2.24) is 40.3 Å². The molecule has 53 heavy (non-hydrogen) atoms. The number of carbonyl (C=O) groups is 5. The van der Waals surface area contributed by atoms with Gasteiger partial charge in [0, 0.05) is 55.4 Å². The molecule has 2 fully saturated rings. The van der Waals surface area contributed by atoms with Crippen molar-refractivity contribution in [3.8, 4) is 11.1 Å². The number of nitrogens with one attached hydrogen (secondary N) is 3. The van der Waals surface area contributed by atoms with Gasteiger partial charge in [-0.3, -0.25) is 23.9 Å². The third-order valence-corrected chi connectivity index (χ3v) is 10.4. The standard InChI is InChI=1S/C36H40BrN9O7/c1-18(2)30(42-35(51)52)34(50)40-17-36-11-27(33(49)43-32-25(37)8-7-23(41-32)16-53-5)46(28(36)12-36)29(48)15-45-26-9-6-21(22-13-38-20(4)39-14-22)10-24(26)31(44-45)19(3)47/h6-10,13-14,18,27-28,30,42H,11-12,15-17H2,1-5H3,(H,40,50)(H,51,52)(H,41,43,49)/t27-,28?,30-,36?/m0/s1. The predicted octanol–water partition coefficient (Wildman–Crippen LogP) is 3.71. The number of anilines is 1. The van der Waals surface area contributed by atoms with Gasteiger partial charge in [0.15, 0.2) is 5.78 Å². The van der Waals surface area contributed by atoms with Crippen LogP contribution in [0.5, 0.6) is 0 Å². The molecule has 0 bridgehead atoms. The molecule has 4 amide bonds. The van der Waals surface area contributed by atoms with Gasteiger partial charge in [-0.15, -0.1) is 0 Å². The van der Waals surface area contributed by atoms with Crippen LogP contribution < -0.4 is 16.0 Å². The number of ether oxygens (including phenoxy) is 1. The minimum Gasteiger partial charge on any atom is -0.465 e. The monoisotopic (exact) mass is 789 g/mol. The molecule has 17 heteroatoms. The van der Waals surface area contributed by atoms with E-state index in [2.05, 4.69) is 51.9 Å². The van der Waals surface area contributed by atoms with Crippen LogP contribution in [0.25, 0.3) is 22.0 Å². The zero-order valence-electron chi connectivity index (χ0n) is 29.8.